The Morgan fingerprint density at radius 2 is 1.89 bits per heavy atom. The van der Waals surface area contributed by atoms with E-state index in [1.54, 1.807) is 0 Å². The first-order valence-electron chi connectivity index (χ1n) is 6.78. The van der Waals surface area contributed by atoms with Crippen molar-refractivity contribution in [1.82, 2.24) is 0 Å². The van der Waals surface area contributed by atoms with Crippen LogP contribution in [0.2, 0.25) is 0 Å². The third kappa shape index (κ3) is 3.04. The smallest absolute Gasteiger partial charge is 0.307 e. The lowest BCUT2D eigenvalue weighted by molar-refractivity contribution is -0.145. The second-order valence-electron chi connectivity index (χ2n) is 5.09. The second-order valence-corrected chi connectivity index (χ2v) is 5.09. The second kappa shape index (κ2) is 6.02. The average molecular weight is 260 g/mol. The molecule has 1 aliphatic carbocycles. The summed E-state index contributed by atoms with van der Waals surface area (Å²) < 4.78 is 0. The van der Waals surface area contributed by atoms with E-state index in [2.05, 4.69) is 6.92 Å². The van der Waals surface area contributed by atoms with Gasteiger partial charge in [-0.2, -0.15) is 0 Å². The number of benzene rings is 1. The van der Waals surface area contributed by atoms with Crippen LogP contribution in [-0.2, 0) is 11.2 Å². The van der Waals surface area contributed by atoms with Crippen molar-refractivity contribution in [2.24, 2.45) is 11.8 Å². The number of allylic oxidation sites excluding steroid dienone is 2. The molecule has 0 saturated heterocycles. The van der Waals surface area contributed by atoms with Crippen molar-refractivity contribution in [2.75, 3.05) is 0 Å². The van der Waals surface area contributed by atoms with Crippen molar-refractivity contribution in [3.05, 3.63) is 47.5 Å². The fourth-order valence-electron chi connectivity index (χ4n) is 2.67. The van der Waals surface area contributed by atoms with Gasteiger partial charge in [-0.3, -0.25) is 4.79 Å². The Morgan fingerprint density at radius 3 is 2.47 bits per heavy atom. The van der Waals surface area contributed by atoms with Crippen LogP contribution in [0.3, 0.4) is 0 Å². The predicted octanol–water partition coefficient (Wildman–Crippen LogP) is 2.95. The van der Waals surface area contributed by atoms with Crippen LogP contribution in [-0.4, -0.2) is 16.2 Å². The summed E-state index contributed by atoms with van der Waals surface area (Å²) in [5, 5.41) is 19.7. The van der Waals surface area contributed by atoms with E-state index in [1.165, 1.54) is 5.56 Å². The SMILES string of the molecule is CCc1ccc(C(O)C2CC=CCC2C(=O)O)cc1. The quantitative estimate of drug-likeness (QED) is 0.818. The molecule has 2 rings (SSSR count). The molecule has 3 nitrogen and oxygen atoms in total. The molecule has 0 aromatic heterocycles. The van der Waals surface area contributed by atoms with Crippen molar-refractivity contribution in [2.45, 2.75) is 32.3 Å². The molecule has 0 radical (unpaired) electrons. The topological polar surface area (TPSA) is 57.5 Å². The molecule has 2 N–H and O–H groups in total. The molecule has 1 aliphatic rings. The summed E-state index contributed by atoms with van der Waals surface area (Å²) in [6, 6.07) is 7.79. The van der Waals surface area contributed by atoms with Crippen LogP contribution < -0.4 is 0 Å². The van der Waals surface area contributed by atoms with Gasteiger partial charge in [0.2, 0.25) is 0 Å². The molecule has 1 aromatic carbocycles. The summed E-state index contributed by atoms with van der Waals surface area (Å²) in [4.78, 5) is 11.3. The van der Waals surface area contributed by atoms with Crippen molar-refractivity contribution in [3.8, 4) is 0 Å². The normalized spacial score (nSPS) is 24.1. The largest absolute Gasteiger partial charge is 0.481 e. The summed E-state index contributed by atoms with van der Waals surface area (Å²) in [6.07, 6.45) is 5.23. The minimum Gasteiger partial charge on any atom is -0.481 e. The maximum Gasteiger partial charge on any atom is 0.307 e. The van der Waals surface area contributed by atoms with E-state index in [1.807, 2.05) is 36.4 Å². The zero-order chi connectivity index (χ0) is 13.8. The number of carbonyl (C=O) groups is 1. The van der Waals surface area contributed by atoms with E-state index in [-0.39, 0.29) is 5.92 Å². The van der Waals surface area contributed by atoms with Crippen molar-refractivity contribution in [1.29, 1.82) is 0 Å². The third-order valence-corrected chi connectivity index (χ3v) is 3.93. The molecular formula is C16H20O3. The fraction of sp³-hybridized carbons (Fsp3) is 0.438. The fourth-order valence-corrected chi connectivity index (χ4v) is 2.67. The number of aliphatic hydroxyl groups is 1. The summed E-state index contributed by atoms with van der Waals surface area (Å²) >= 11 is 0. The molecule has 0 saturated carbocycles. The van der Waals surface area contributed by atoms with E-state index in [9.17, 15) is 15.0 Å². The van der Waals surface area contributed by atoms with Crippen molar-refractivity contribution in [3.63, 3.8) is 0 Å². The minimum absolute atomic E-state index is 0.241. The van der Waals surface area contributed by atoms with Gasteiger partial charge in [0.1, 0.15) is 0 Å². The third-order valence-electron chi connectivity index (χ3n) is 3.93. The summed E-state index contributed by atoms with van der Waals surface area (Å²) in [5.74, 6) is -1.56. The Balaban J connectivity index is 2.18. The number of hydrogen-bond acceptors (Lipinski definition) is 2. The zero-order valence-corrected chi connectivity index (χ0v) is 11.1. The van der Waals surface area contributed by atoms with Crippen LogP contribution in [0.15, 0.2) is 36.4 Å². The monoisotopic (exact) mass is 260 g/mol. The first-order chi connectivity index (χ1) is 9.13. The minimum atomic E-state index is -0.821. The molecule has 3 unspecified atom stereocenters. The number of aliphatic hydroxyl groups excluding tert-OH is 1. The molecule has 0 amide bonds. The van der Waals surface area contributed by atoms with Gasteiger partial charge in [-0.25, -0.2) is 0 Å². The number of rotatable bonds is 4. The van der Waals surface area contributed by atoms with Crippen molar-refractivity contribution < 1.29 is 15.0 Å². The highest BCUT2D eigenvalue weighted by Crippen LogP contribution is 2.36. The molecule has 0 fully saturated rings. The van der Waals surface area contributed by atoms with Crippen LogP contribution in [0.5, 0.6) is 0 Å². The van der Waals surface area contributed by atoms with Crippen LogP contribution in [0.1, 0.15) is 37.0 Å². The number of hydrogen-bond donors (Lipinski definition) is 2. The Labute approximate surface area is 113 Å². The summed E-state index contributed by atoms with van der Waals surface area (Å²) in [7, 11) is 0. The van der Waals surface area contributed by atoms with Gasteiger partial charge >= 0.3 is 5.97 Å². The van der Waals surface area contributed by atoms with Gasteiger partial charge in [0.25, 0.3) is 0 Å². The first-order valence-corrected chi connectivity index (χ1v) is 6.78. The van der Waals surface area contributed by atoms with Crippen LogP contribution in [0.4, 0.5) is 0 Å². The Morgan fingerprint density at radius 1 is 1.26 bits per heavy atom. The van der Waals surface area contributed by atoms with E-state index in [0.717, 1.165) is 12.0 Å². The van der Waals surface area contributed by atoms with Gasteiger partial charge in [0, 0.05) is 5.92 Å². The lowest BCUT2D eigenvalue weighted by Crippen LogP contribution is -2.29. The van der Waals surface area contributed by atoms with Crippen LogP contribution in [0.25, 0.3) is 0 Å². The highest BCUT2D eigenvalue weighted by molar-refractivity contribution is 5.71. The molecule has 0 spiro atoms. The zero-order valence-electron chi connectivity index (χ0n) is 11.1. The standard InChI is InChI=1S/C16H20O3/c1-2-11-7-9-12(10-8-11)15(17)13-5-3-4-6-14(13)16(18)19/h3-4,7-10,13-15,17H,2,5-6H2,1H3,(H,18,19). The first kappa shape index (κ1) is 13.8. The molecule has 102 valence electrons. The van der Waals surface area contributed by atoms with Crippen LogP contribution in [0, 0.1) is 11.8 Å². The summed E-state index contributed by atoms with van der Waals surface area (Å²) in [6.45, 7) is 2.08. The lowest BCUT2D eigenvalue weighted by Gasteiger charge is -2.29. The van der Waals surface area contributed by atoms with E-state index in [0.29, 0.717) is 12.8 Å². The molecule has 0 bridgehead atoms. The Hall–Kier alpha value is -1.61. The molecule has 0 heterocycles. The number of aryl methyl sites for hydroxylation is 1. The van der Waals surface area contributed by atoms with E-state index in [4.69, 9.17) is 0 Å². The van der Waals surface area contributed by atoms with Gasteiger partial charge in [-0.1, -0.05) is 43.3 Å². The maximum atomic E-state index is 11.3. The molecule has 3 heteroatoms. The number of carboxylic acids is 1. The van der Waals surface area contributed by atoms with Gasteiger partial charge in [-0.05, 0) is 30.4 Å². The van der Waals surface area contributed by atoms with Gasteiger partial charge < -0.3 is 10.2 Å². The number of aliphatic carboxylic acids is 1. The van der Waals surface area contributed by atoms with Crippen molar-refractivity contribution >= 4 is 5.97 Å². The van der Waals surface area contributed by atoms with Gasteiger partial charge in [0.15, 0.2) is 0 Å². The highest BCUT2D eigenvalue weighted by Gasteiger charge is 2.34. The molecule has 19 heavy (non-hydrogen) atoms. The van der Waals surface area contributed by atoms with Gasteiger partial charge in [-0.15, -0.1) is 0 Å². The lowest BCUT2D eigenvalue weighted by atomic mass is 9.77. The Kier molecular flexibility index (Phi) is 4.38. The van der Waals surface area contributed by atoms with E-state index < -0.39 is 18.0 Å². The predicted molar refractivity (Wildman–Crippen MR) is 73.8 cm³/mol. The highest BCUT2D eigenvalue weighted by atomic mass is 16.4. The molecule has 0 aliphatic heterocycles. The number of carboxylic acid groups (broad SMARTS) is 1. The van der Waals surface area contributed by atoms with E-state index >= 15 is 0 Å². The maximum absolute atomic E-state index is 11.3. The average Bonchev–Trinajstić information content (AvgIpc) is 2.46. The van der Waals surface area contributed by atoms with Gasteiger partial charge in [0.05, 0.1) is 12.0 Å². The summed E-state index contributed by atoms with van der Waals surface area (Å²) in [5.41, 5.74) is 2.03. The Bertz CT molecular complexity index is 461. The molecule has 3 atom stereocenters. The van der Waals surface area contributed by atoms with Crippen LogP contribution >= 0.6 is 0 Å². The molecule has 1 aromatic rings. The molecular weight excluding hydrogens is 240 g/mol.